The molecule has 0 aliphatic rings. The van der Waals surface area contributed by atoms with Crippen LogP contribution in [0.5, 0.6) is 0 Å². The largest absolute Gasteiger partial charge is 0.465 e. The van der Waals surface area contributed by atoms with Crippen LogP contribution >= 0.6 is 11.8 Å². The number of esters is 1. The molecule has 0 aliphatic carbocycles. The van der Waals surface area contributed by atoms with Crippen LogP contribution in [0.25, 0.3) is 0 Å². The van der Waals surface area contributed by atoms with Crippen LogP contribution in [0.15, 0.2) is 46.2 Å². The SMILES string of the molecule is CCCCc1cccc(Sc2ccc(F)cc2C(=O)OC)c1N. The number of hydrogen-bond donors (Lipinski definition) is 1. The van der Waals surface area contributed by atoms with E-state index in [0.29, 0.717) is 10.6 Å². The third kappa shape index (κ3) is 4.26. The maximum Gasteiger partial charge on any atom is 0.339 e. The number of carbonyl (C=O) groups excluding carboxylic acids is 1. The van der Waals surface area contributed by atoms with Gasteiger partial charge in [0, 0.05) is 15.5 Å². The minimum absolute atomic E-state index is 0.205. The van der Waals surface area contributed by atoms with E-state index in [1.54, 1.807) is 6.07 Å². The maximum atomic E-state index is 13.4. The van der Waals surface area contributed by atoms with E-state index in [2.05, 4.69) is 6.92 Å². The number of nitrogens with two attached hydrogens (primary N) is 1. The molecule has 0 heterocycles. The number of aryl methyl sites for hydroxylation is 1. The van der Waals surface area contributed by atoms with E-state index < -0.39 is 11.8 Å². The lowest BCUT2D eigenvalue weighted by molar-refractivity contribution is 0.0596. The summed E-state index contributed by atoms with van der Waals surface area (Å²) >= 11 is 1.35. The number of carbonyl (C=O) groups is 1. The first-order chi connectivity index (χ1) is 11.1. The Labute approximate surface area is 140 Å². The molecule has 2 aromatic carbocycles. The van der Waals surface area contributed by atoms with Crippen LogP contribution in [-0.2, 0) is 11.2 Å². The Balaban J connectivity index is 2.34. The predicted octanol–water partition coefficient (Wildman–Crippen LogP) is 4.69. The highest BCUT2D eigenvalue weighted by atomic mass is 32.2. The second-order valence-electron chi connectivity index (χ2n) is 5.17. The number of benzene rings is 2. The molecule has 2 aromatic rings. The van der Waals surface area contributed by atoms with Crippen molar-refractivity contribution in [2.75, 3.05) is 12.8 Å². The smallest absolute Gasteiger partial charge is 0.339 e. The summed E-state index contributed by atoms with van der Waals surface area (Å²) in [7, 11) is 1.28. The zero-order valence-electron chi connectivity index (χ0n) is 13.3. The van der Waals surface area contributed by atoms with Crippen molar-refractivity contribution in [1.29, 1.82) is 0 Å². The van der Waals surface area contributed by atoms with Gasteiger partial charge in [-0.2, -0.15) is 0 Å². The molecular weight excluding hydrogens is 313 g/mol. The lowest BCUT2D eigenvalue weighted by Gasteiger charge is -2.12. The highest BCUT2D eigenvalue weighted by Gasteiger charge is 2.15. The number of ether oxygens (including phenoxy) is 1. The minimum atomic E-state index is -0.562. The van der Waals surface area contributed by atoms with Crippen molar-refractivity contribution in [1.82, 2.24) is 0 Å². The second kappa shape index (κ2) is 8.02. The zero-order chi connectivity index (χ0) is 16.8. The van der Waals surface area contributed by atoms with Gasteiger partial charge in [0.1, 0.15) is 5.82 Å². The Hall–Kier alpha value is -2.01. The fraction of sp³-hybridized carbons (Fsp3) is 0.278. The molecule has 0 saturated heterocycles. The maximum absolute atomic E-state index is 13.4. The molecule has 3 nitrogen and oxygen atoms in total. The molecule has 0 fully saturated rings. The highest BCUT2D eigenvalue weighted by Crippen LogP contribution is 2.36. The Morgan fingerprint density at radius 3 is 2.74 bits per heavy atom. The first-order valence-electron chi connectivity index (χ1n) is 7.50. The van der Waals surface area contributed by atoms with Crippen molar-refractivity contribution in [3.05, 3.63) is 53.3 Å². The van der Waals surface area contributed by atoms with Crippen molar-refractivity contribution in [2.24, 2.45) is 0 Å². The lowest BCUT2D eigenvalue weighted by atomic mass is 10.1. The molecule has 0 saturated carbocycles. The average molecular weight is 333 g/mol. The Bertz CT molecular complexity index is 703. The van der Waals surface area contributed by atoms with Crippen LogP contribution < -0.4 is 5.73 Å². The van der Waals surface area contributed by atoms with E-state index in [1.807, 2.05) is 18.2 Å². The van der Waals surface area contributed by atoms with Crippen molar-refractivity contribution in [2.45, 2.75) is 36.0 Å². The quantitative estimate of drug-likeness (QED) is 0.615. The Kier molecular flexibility index (Phi) is 6.04. The molecule has 0 amide bonds. The van der Waals surface area contributed by atoms with E-state index >= 15 is 0 Å². The average Bonchev–Trinajstić information content (AvgIpc) is 2.56. The summed E-state index contributed by atoms with van der Waals surface area (Å²) in [5, 5.41) is 0. The molecule has 0 radical (unpaired) electrons. The number of rotatable bonds is 6. The molecule has 122 valence electrons. The molecule has 0 aromatic heterocycles. The lowest BCUT2D eigenvalue weighted by Crippen LogP contribution is -2.04. The molecule has 2 N–H and O–H groups in total. The summed E-state index contributed by atoms with van der Waals surface area (Å²) in [5.41, 5.74) is 8.26. The summed E-state index contributed by atoms with van der Waals surface area (Å²) in [4.78, 5) is 13.3. The van der Waals surface area contributed by atoms with Crippen LogP contribution in [-0.4, -0.2) is 13.1 Å². The van der Waals surface area contributed by atoms with Crippen LogP contribution in [0, 0.1) is 5.82 Å². The fourth-order valence-corrected chi connectivity index (χ4v) is 3.26. The van der Waals surface area contributed by atoms with E-state index in [1.165, 1.54) is 31.0 Å². The van der Waals surface area contributed by atoms with Gasteiger partial charge in [-0.1, -0.05) is 37.2 Å². The van der Waals surface area contributed by atoms with Gasteiger partial charge in [0.05, 0.1) is 12.7 Å². The van der Waals surface area contributed by atoms with E-state index in [9.17, 15) is 9.18 Å². The van der Waals surface area contributed by atoms with Crippen LogP contribution in [0.1, 0.15) is 35.7 Å². The van der Waals surface area contributed by atoms with Crippen LogP contribution in [0.3, 0.4) is 0 Å². The number of para-hydroxylation sites is 1. The van der Waals surface area contributed by atoms with E-state index in [-0.39, 0.29) is 5.56 Å². The number of nitrogen functional groups attached to an aromatic ring is 1. The third-order valence-corrected chi connectivity index (χ3v) is 4.67. The molecule has 0 unspecified atom stereocenters. The number of hydrogen-bond acceptors (Lipinski definition) is 4. The van der Waals surface area contributed by atoms with Crippen molar-refractivity contribution >= 4 is 23.4 Å². The first kappa shape index (κ1) is 17.3. The number of methoxy groups -OCH3 is 1. The zero-order valence-corrected chi connectivity index (χ0v) is 14.1. The molecule has 0 bridgehead atoms. The molecule has 2 rings (SSSR count). The number of halogens is 1. The molecule has 5 heteroatoms. The summed E-state index contributed by atoms with van der Waals surface area (Å²) in [6.07, 6.45) is 3.09. The third-order valence-electron chi connectivity index (χ3n) is 3.52. The van der Waals surface area contributed by atoms with Crippen LogP contribution in [0.2, 0.25) is 0 Å². The highest BCUT2D eigenvalue weighted by molar-refractivity contribution is 7.99. The second-order valence-corrected chi connectivity index (χ2v) is 6.25. The van der Waals surface area contributed by atoms with Gasteiger partial charge in [-0.3, -0.25) is 0 Å². The standard InChI is InChI=1S/C18H20FNO2S/c1-3-4-6-12-7-5-8-16(17(12)20)23-15-10-9-13(19)11-14(15)18(21)22-2/h5,7-11H,3-4,6,20H2,1-2H3. The molecule has 23 heavy (non-hydrogen) atoms. The topological polar surface area (TPSA) is 52.3 Å². The summed E-state index contributed by atoms with van der Waals surface area (Å²) in [5.74, 6) is -1.04. The van der Waals surface area contributed by atoms with Gasteiger partial charge in [0.15, 0.2) is 0 Å². The minimum Gasteiger partial charge on any atom is -0.465 e. The van der Waals surface area contributed by atoms with Crippen LogP contribution in [0.4, 0.5) is 10.1 Å². The molecular formula is C18H20FNO2S. The summed E-state index contributed by atoms with van der Waals surface area (Å²) in [6.45, 7) is 2.13. The van der Waals surface area contributed by atoms with E-state index in [0.717, 1.165) is 29.7 Å². The number of anilines is 1. The molecule has 0 atom stereocenters. The number of unbranched alkanes of at least 4 members (excludes halogenated alkanes) is 1. The summed E-state index contributed by atoms with van der Waals surface area (Å²) in [6, 6.07) is 9.95. The van der Waals surface area contributed by atoms with Gasteiger partial charge in [0.2, 0.25) is 0 Å². The van der Waals surface area contributed by atoms with Gasteiger partial charge >= 0.3 is 5.97 Å². The molecule has 0 aliphatic heterocycles. The van der Waals surface area contributed by atoms with Gasteiger partial charge < -0.3 is 10.5 Å². The predicted molar refractivity (Wildman–Crippen MR) is 91.3 cm³/mol. The normalized spacial score (nSPS) is 10.6. The van der Waals surface area contributed by atoms with Crippen molar-refractivity contribution in [3.63, 3.8) is 0 Å². The summed E-state index contributed by atoms with van der Waals surface area (Å²) < 4.78 is 18.2. The molecule has 0 spiro atoms. The van der Waals surface area contributed by atoms with Crippen molar-refractivity contribution < 1.29 is 13.9 Å². The van der Waals surface area contributed by atoms with Crippen molar-refractivity contribution in [3.8, 4) is 0 Å². The van der Waals surface area contributed by atoms with Gasteiger partial charge in [-0.15, -0.1) is 0 Å². The monoisotopic (exact) mass is 333 g/mol. The van der Waals surface area contributed by atoms with Gasteiger partial charge in [0.25, 0.3) is 0 Å². The van der Waals surface area contributed by atoms with Gasteiger partial charge in [-0.25, -0.2) is 9.18 Å². The Morgan fingerprint density at radius 2 is 2.04 bits per heavy atom. The fourth-order valence-electron chi connectivity index (χ4n) is 2.24. The Morgan fingerprint density at radius 1 is 1.26 bits per heavy atom. The van der Waals surface area contributed by atoms with Gasteiger partial charge in [-0.05, 0) is 42.7 Å². The first-order valence-corrected chi connectivity index (χ1v) is 8.31. The van der Waals surface area contributed by atoms with E-state index in [4.69, 9.17) is 10.5 Å².